The van der Waals surface area contributed by atoms with Gasteiger partial charge >= 0.3 is 6.18 Å². The summed E-state index contributed by atoms with van der Waals surface area (Å²) in [5, 5.41) is 7.32. The fraction of sp³-hybridized carbons (Fsp3) is 0.500. The number of Topliss-reactive ketones (excluding diaryl/α,β-unsaturated/α-hetero) is 1. The van der Waals surface area contributed by atoms with Crippen LogP contribution in [0.4, 0.5) is 18.9 Å². The number of aromatic nitrogens is 2. The Kier molecular flexibility index (Phi) is 9.84. The van der Waals surface area contributed by atoms with Crippen molar-refractivity contribution in [3.05, 3.63) is 59.3 Å². The second-order valence-corrected chi connectivity index (χ2v) is 10.4. The van der Waals surface area contributed by atoms with E-state index in [0.29, 0.717) is 30.0 Å². The van der Waals surface area contributed by atoms with Crippen LogP contribution in [0.1, 0.15) is 65.3 Å². The molecular weight excluding hydrogens is 521 g/mol. The number of nitrogens with zero attached hydrogens (tertiary/aromatic N) is 3. The van der Waals surface area contributed by atoms with Gasteiger partial charge in [0.15, 0.2) is 5.78 Å². The largest absolute Gasteiger partial charge is 0.405 e. The van der Waals surface area contributed by atoms with E-state index >= 15 is 0 Å². The third-order valence-corrected chi connectivity index (χ3v) is 7.42. The van der Waals surface area contributed by atoms with Crippen LogP contribution in [0.25, 0.3) is 10.9 Å². The Hall–Kier alpha value is -3.40. The van der Waals surface area contributed by atoms with Crippen LogP contribution < -0.4 is 10.2 Å². The molecule has 0 bridgehead atoms. The molecule has 0 saturated carbocycles. The highest BCUT2D eigenvalue weighted by molar-refractivity contribution is 6.00. The van der Waals surface area contributed by atoms with Crippen LogP contribution in [-0.2, 0) is 11.3 Å². The zero-order valence-electron chi connectivity index (χ0n) is 23.1. The van der Waals surface area contributed by atoms with Crippen molar-refractivity contribution in [1.82, 2.24) is 15.1 Å². The number of halogens is 3. The maximum atomic E-state index is 12.8. The Morgan fingerprint density at radius 1 is 1.07 bits per heavy atom. The first-order valence-electron chi connectivity index (χ1n) is 13.9. The Morgan fingerprint density at radius 2 is 1.80 bits per heavy atom. The van der Waals surface area contributed by atoms with E-state index in [-0.39, 0.29) is 11.3 Å². The van der Waals surface area contributed by atoms with Crippen molar-refractivity contribution >= 4 is 28.3 Å². The normalized spacial score (nSPS) is 14.9. The highest BCUT2D eigenvalue weighted by Crippen LogP contribution is 2.25. The number of anilines is 1. The standard InChI is InChI=1S/C30H37F3N4O3/c1-3-5-22(6-4-7-28(38)23-8-10-24(11-9-23)36-14-16-40-17-15-36)18-37-19-26-21(2)25(12-13-27(26)35-37)29(39)34-20-30(31,32)33/h8-13,19,22H,3-7,14-18,20H2,1-2H3,(H,34,39). The number of carbonyl (C=O) groups excluding carboxylic acids is 2. The summed E-state index contributed by atoms with van der Waals surface area (Å²) in [5.74, 6) is -0.292. The van der Waals surface area contributed by atoms with E-state index in [4.69, 9.17) is 4.74 Å². The quantitative estimate of drug-likeness (QED) is 0.278. The minimum absolute atomic E-state index is 0.139. The van der Waals surface area contributed by atoms with E-state index in [0.717, 1.165) is 68.6 Å². The van der Waals surface area contributed by atoms with Crippen molar-refractivity contribution in [2.45, 2.75) is 58.7 Å². The lowest BCUT2D eigenvalue weighted by molar-refractivity contribution is -0.123. The summed E-state index contributed by atoms with van der Waals surface area (Å²) in [6.07, 6.45) is 1.52. The molecule has 1 aliphatic rings. The van der Waals surface area contributed by atoms with Crippen molar-refractivity contribution in [2.24, 2.45) is 5.92 Å². The second-order valence-electron chi connectivity index (χ2n) is 10.4. The van der Waals surface area contributed by atoms with Crippen LogP contribution >= 0.6 is 0 Å². The molecule has 40 heavy (non-hydrogen) atoms. The first-order valence-corrected chi connectivity index (χ1v) is 13.9. The smallest absolute Gasteiger partial charge is 0.378 e. The number of ketones is 1. The van der Waals surface area contributed by atoms with Gasteiger partial charge in [-0.3, -0.25) is 14.3 Å². The summed E-state index contributed by atoms with van der Waals surface area (Å²) in [4.78, 5) is 27.4. The van der Waals surface area contributed by atoms with Crippen LogP contribution in [0.15, 0.2) is 42.6 Å². The Balaban J connectivity index is 1.33. The molecule has 1 amide bonds. The predicted octanol–water partition coefficient (Wildman–Crippen LogP) is 5.94. The molecule has 7 nitrogen and oxygen atoms in total. The van der Waals surface area contributed by atoms with Gasteiger partial charge in [-0.25, -0.2) is 0 Å². The van der Waals surface area contributed by atoms with Gasteiger partial charge in [0.25, 0.3) is 5.91 Å². The van der Waals surface area contributed by atoms with Gasteiger partial charge in [0.05, 0.1) is 18.7 Å². The number of nitrogens with one attached hydrogen (secondary N) is 1. The minimum Gasteiger partial charge on any atom is -0.378 e. The summed E-state index contributed by atoms with van der Waals surface area (Å²) >= 11 is 0. The van der Waals surface area contributed by atoms with E-state index in [1.54, 1.807) is 13.0 Å². The number of hydrogen-bond donors (Lipinski definition) is 1. The molecule has 1 atom stereocenters. The molecule has 2 aromatic carbocycles. The molecule has 1 unspecified atom stereocenters. The lowest BCUT2D eigenvalue weighted by Crippen LogP contribution is -2.36. The average molecular weight is 559 g/mol. The molecule has 1 aliphatic heterocycles. The SMILES string of the molecule is CCCC(CCCC(=O)c1ccc(N2CCOCC2)cc1)Cn1cc2c(C)c(C(=O)NCC(F)(F)F)ccc2n1. The molecule has 0 radical (unpaired) electrons. The van der Waals surface area contributed by atoms with Gasteiger partial charge in [-0.15, -0.1) is 0 Å². The van der Waals surface area contributed by atoms with E-state index in [2.05, 4.69) is 16.9 Å². The summed E-state index contributed by atoms with van der Waals surface area (Å²) < 4.78 is 44.8. The van der Waals surface area contributed by atoms with Crippen LogP contribution in [-0.4, -0.2) is 60.5 Å². The van der Waals surface area contributed by atoms with Gasteiger partial charge < -0.3 is 15.0 Å². The molecule has 1 N–H and O–H groups in total. The first-order chi connectivity index (χ1) is 19.1. The third-order valence-electron chi connectivity index (χ3n) is 7.42. The molecule has 2 heterocycles. The summed E-state index contributed by atoms with van der Waals surface area (Å²) in [6, 6.07) is 11.0. The molecule has 0 aliphatic carbocycles. The number of fused-ring (bicyclic) bond motifs is 1. The number of aryl methyl sites for hydroxylation is 1. The van der Waals surface area contributed by atoms with E-state index in [1.165, 1.54) is 6.07 Å². The van der Waals surface area contributed by atoms with Crippen LogP contribution in [0.5, 0.6) is 0 Å². The summed E-state index contributed by atoms with van der Waals surface area (Å²) in [5.41, 5.74) is 3.33. The maximum Gasteiger partial charge on any atom is 0.405 e. The fourth-order valence-electron chi connectivity index (χ4n) is 5.27. The number of carbonyl (C=O) groups is 2. The topological polar surface area (TPSA) is 76.5 Å². The van der Waals surface area contributed by atoms with Gasteiger partial charge in [-0.2, -0.15) is 18.3 Å². The maximum absolute atomic E-state index is 12.8. The Bertz CT molecular complexity index is 1300. The first kappa shape index (κ1) is 29.6. The third kappa shape index (κ3) is 7.84. The summed E-state index contributed by atoms with van der Waals surface area (Å²) in [6.45, 7) is 6.30. The Labute approximate surface area is 232 Å². The van der Waals surface area contributed by atoms with Crippen molar-refractivity contribution < 1.29 is 27.5 Å². The van der Waals surface area contributed by atoms with Gasteiger partial charge in [-0.1, -0.05) is 13.3 Å². The molecule has 4 rings (SSSR count). The Morgan fingerprint density at radius 3 is 2.48 bits per heavy atom. The van der Waals surface area contributed by atoms with Gasteiger partial charge in [0, 0.05) is 54.5 Å². The predicted molar refractivity (Wildman–Crippen MR) is 149 cm³/mol. The minimum atomic E-state index is -4.47. The molecule has 216 valence electrons. The van der Waals surface area contributed by atoms with E-state index < -0.39 is 18.6 Å². The monoisotopic (exact) mass is 558 g/mol. The molecule has 0 spiro atoms. The number of rotatable bonds is 12. The van der Waals surface area contributed by atoms with Crippen LogP contribution in [0.3, 0.4) is 0 Å². The lowest BCUT2D eigenvalue weighted by atomic mass is 9.95. The number of alkyl halides is 3. The number of amides is 1. The zero-order chi connectivity index (χ0) is 28.7. The molecule has 1 fully saturated rings. The lowest BCUT2D eigenvalue weighted by Gasteiger charge is -2.28. The van der Waals surface area contributed by atoms with E-state index in [1.807, 2.05) is 40.5 Å². The highest BCUT2D eigenvalue weighted by Gasteiger charge is 2.28. The van der Waals surface area contributed by atoms with Gasteiger partial charge in [-0.05, 0) is 74.1 Å². The number of benzene rings is 2. The van der Waals surface area contributed by atoms with Crippen molar-refractivity contribution in [3.8, 4) is 0 Å². The molecular formula is C30H37F3N4O3. The molecule has 1 aromatic heterocycles. The van der Waals surface area contributed by atoms with Gasteiger partial charge in [0.1, 0.15) is 6.54 Å². The molecule has 1 saturated heterocycles. The van der Waals surface area contributed by atoms with Gasteiger partial charge in [0.2, 0.25) is 0 Å². The number of hydrogen-bond acceptors (Lipinski definition) is 5. The van der Waals surface area contributed by atoms with Crippen LogP contribution in [0.2, 0.25) is 0 Å². The van der Waals surface area contributed by atoms with Crippen LogP contribution in [0, 0.1) is 12.8 Å². The average Bonchev–Trinajstić information content (AvgIpc) is 3.35. The van der Waals surface area contributed by atoms with Crippen molar-refractivity contribution in [2.75, 3.05) is 37.7 Å². The fourth-order valence-corrected chi connectivity index (χ4v) is 5.27. The highest BCUT2D eigenvalue weighted by atomic mass is 19.4. The van der Waals surface area contributed by atoms with Crippen molar-refractivity contribution in [3.63, 3.8) is 0 Å². The second kappa shape index (κ2) is 13.3. The summed E-state index contributed by atoms with van der Waals surface area (Å²) in [7, 11) is 0. The zero-order valence-corrected chi connectivity index (χ0v) is 23.1. The van der Waals surface area contributed by atoms with E-state index in [9.17, 15) is 22.8 Å². The number of ether oxygens (including phenoxy) is 1. The van der Waals surface area contributed by atoms with Crippen molar-refractivity contribution in [1.29, 1.82) is 0 Å². The molecule has 3 aromatic rings. The molecule has 10 heteroatoms. The number of morpholine rings is 1.